The van der Waals surface area contributed by atoms with Crippen LogP contribution in [0.4, 0.5) is 11.4 Å². The molecular formula is C10H11ClN2O2. The minimum atomic E-state index is -0.281. The average molecular weight is 227 g/mol. The fourth-order valence-corrected chi connectivity index (χ4v) is 1.20. The number of halogens is 1. The van der Waals surface area contributed by atoms with Gasteiger partial charge in [-0.2, -0.15) is 0 Å². The number of hydrogen-bond acceptors (Lipinski definition) is 2. The fraction of sp³-hybridized carbons (Fsp3) is 0.200. The Bertz CT molecular complexity index is 393. The van der Waals surface area contributed by atoms with E-state index in [0.717, 1.165) is 4.42 Å². The van der Waals surface area contributed by atoms with Gasteiger partial charge in [-0.1, -0.05) is 6.07 Å². The minimum absolute atomic E-state index is 0.170. The Labute approximate surface area is 92.9 Å². The molecule has 4 nitrogen and oxygen atoms in total. The molecule has 0 heterocycles. The summed E-state index contributed by atoms with van der Waals surface area (Å²) >= 11 is 5.72. The first kappa shape index (κ1) is 11.5. The van der Waals surface area contributed by atoms with Crippen LogP contribution in [0.15, 0.2) is 24.3 Å². The maximum atomic E-state index is 11.0. The molecule has 0 unspecified atom stereocenters. The number of nitrogens with zero attached hydrogens (tertiary/aromatic N) is 1. The maximum Gasteiger partial charge on any atom is 0.238 e. The molecule has 0 saturated carbocycles. The monoisotopic (exact) mass is 226 g/mol. The Morgan fingerprint density at radius 2 is 2.00 bits per heavy atom. The van der Waals surface area contributed by atoms with Gasteiger partial charge in [-0.25, -0.2) is 4.42 Å². The van der Waals surface area contributed by atoms with Gasteiger partial charge in [-0.3, -0.25) is 9.59 Å². The smallest absolute Gasteiger partial charge is 0.238 e. The lowest BCUT2D eigenvalue weighted by atomic mass is 10.2. The summed E-state index contributed by atoms with van der Waals surface area (Å²) in [5, 5.41) is 2.60. The van der Waals surface area contributed by atoms with Crippen LogP contribution in [-0.2, 0) is 9.59 Å². The number of amides is 2. The van der Waals surface area contributed by atoms with Crippen LogP contribution < -0.4 is 9.74 Å². The molecule has 2 amide bonds. The van der Waals surface area contributed by atoms with Gasteiger partial charge in [0.1, 0.15) is 0 Å². The molecule has 0 aromatic heterocycles. The first-order chi connectivity index (χ1) is 7.00. The summed E-state index contributed by atoms with van der Waals surface area (Å²) in [7, 11) is 0. The lowest BCUT2D eigenvalue weighted by Gasteiger charge is -2.12. The molecule has 0 aliphatic carbocycles. The molecule has 0 atom stereocenters. The second-order valence-corrected chi connectivity index (χ2v) is 3.37. The summed E-state index contributed by atoms with van der Waals surface area (Å²) in [6.07, 6.45) is 0. The van der Waals surface area contributed by atoms with Crippen molar-refractivity contribution in [3.05, 3.63) is 24.3 Å². The second-order valence-electron chi connectivity index (χ2n) is 3.03. The SMILES string of the molecule is CC(=O)Nc1cccc(N(Cl)C(C)=O)c1. The van der Waals surface area contributed by atoms with E-state index in [1.165, 1.54) is 13.8 Å². The fourth-order valence-electron chi connectivity index (χ4n) is 1.09. The molecule has 5 heteroatoms. The molecule has 0 aliphatic rings. The second kappa shape index (κ2) is 4.79. The van der Waals surface area contributed by atoms with Gasteiger partial charge in [0.2, 0.25) is 11.8 Å². The largest absolute Gasteiger partial charge is 0.326 e. The minimum Gasteiger partial charge on any atom is -0.326 e. The molecule has 0 radical (unpaired) electrons. The zero-order valence-electron chi connectivity index (χ0n) is 8.45. The van der Waals surface area contributed by atoms with Crippen LogP contribution in [0.1, 0.15) is 13.8 Å². The number of hydrogen-bond donors (Lipinski definition) is 1. The van der Waals surface area contributed by atoms with Crippen molar-refractivity contribution in [1.29, 1.82) is 0 Å². The maximum absolute atomic E-state index is 11.0. The van der Waals surface area contributed by atoms with Crippen molar-refractivity contribution in [3.63, 3.8) is 0 Å². The van der Waals surface area contributed by atoms with Gasteiger partial charge in [-0.05, 0) is 18.2 Å². The van der Waals surface area contributed by atoms with E-state index >= 15 is 0 Å². The standard InChI is InChI=1S/C10H11ClN2O2/c1-7(14)12-9-4-3-5-10(6-9)13(11)8(2)15/h3-6H,1-2H3,(H,12,14). The number of benzene rings is 1. The topological polar surface area (TPSA) is 49.4 Å². The first-order valence-electron chi connectivity index (χ1n) is 4.35. The van der Waals surface area contributed by atoms with Crippen molar-refractivity contribution in [1.82, 2.24) is 0 Å². The van der Waals surface area contributed by atoms with E-state index in [1.807, 2.05) is 0 Å². The van der Waals surface area contributed by atoms with Crippen LogP contribution in [0.2, 0.25) is 0 Å². The van der Waals surface area contributed by atoms with Gasteiger partial charge in [0.05, 0.1) is 5.69 Å². The molecule has 1 N–H and O–H groups in total. The van der Waals surface area contributed by atoms with Crippen LogP contribution in [-0.4, -0.2) is 11.8 Å². The van der Waals surface area contributed by atoms with Crippen LogP contribution in [0.5, 0.6) is 0 Å². The van der Waals surface area contributed by atoms with Crippen LogP contribution >= 0.6 is 11.8 Å². The van der Waals surface area contributed by atoms with E-state index in [4.69, 9.17) is 11.8 Å². The zero-order chi connectivity index (χ0) is 11.4. The third-order valence-electron chi connectivity index (χ3n) is 1.67. The average Bonchev–Trinajstić information content (AvgIpc) is 2.16. The number of anilines is 2. The zero-order valence-corrected chi connectivity index (χ0v) is 9.21. The van der Waals surface area contributed by atoms with Crippen LogP contribution in [0.3, 0.4) is 0 Å². The molecular weight excluding hydrogens is 216 g/mol. The van der Waals surface area contributed by atoms with Crippen molar-refractivity contribution < 1.29 is 9.59 Å². The molecule has 80 valence electrons. The van der Waals surface area contributed by atoms with Gasteiger partial charge in [-0.15, -0.1) is 0 Å². The Morgan fingerprint density at radius 1 is 1.33 bits per heavy atom. The van der Waals surface area contributed by atoms with Gasteiger partial charge in [0.25, 0.3) is 0 Å². The number of carbonyl (C=O) groups excluding carboxylic acids is 2. The lowest BCUT2D eigenvalue weighted by Crippen LogP contribution is -2.16. The summed E-state index contributed by atoms with van der Waals surface area (Å²) in [5.41, 5.74) is 1.13. The van der Waals surface area contributed by atoms with E-state index in [9.17, 15) is 9.59 Å². The quantitative estimate of drug-likeness (QED) is 0.786. The molecule has 0 saturated heterocycles. The summed E-state index contributed by atoms with van der Waals surface area (Å²) in [6.45, 7) is 2.77. The Balaban J connectivity index is 2.92. The number of rotatable bonds is 2. The highest BCUT2D eigenvalue weighted by atomic mass is 35.5. The molecule has 15 heavy (non-hydrogen) atoms. The van der Waals surface area contributed by atoms with Crippen molar-refractivity contribution in [3.8, 4) is 0 Å². The Morgan fingerprint density at radius 3 is 2.53 bits per heavy atom. The van der Waals surface area contributed by atoms with Crippen molar-refractivity contribution in [2.24, 2.45) is 0 Å². The highest BCUT2D eigenvalue weighted by Crippen LogP contribution is 2.21. The van der Waals surface area contributed by atoms with Gasteiger partial charge < -0.3 is 5.32 Å². The van der Waals surface area contributed by atoms with E-state index in [0.29, 0.717) is 11.4 Å². The van der Waals surface area contributed by atoms with Gasteiger partial charge >= 0.3 is 0 Å². The van der Waals surface area contributed by atoms with E-state index in [2.05, 4.69) is 5.32 Å². The third-order valence-corrected chi connectivity index (χ3v) is 2.10. The Hall–Kier alpha value is -1.55. The summed E-state index contributed by atoms with van der Waals surface area (Å²) in [5.74, 6) is -0.451. The van der Waals surface area contributed by atoms with Gasteiger partial charge in [0.15, 0.2) is 0 Å². The number of nitrogens with one attached hydrogen (secondary N) is 1. The van der Waals surface area contributed by atoms with Gasteiger partial charge in [0, 0.05) is 31.3 Å². The van der Waals surface area contributed by atoms with Crippen LogP contribution in [0, 0.1) is 0 Å². The molecule has 0 fully saturated rings. The molecule has 1 rings (SSSR count). The van der Waals surface area contributed by atoms with Crippen LogP contribution in [0.25, 0.3) is 0 Å². The predicted octanol–water partition coefficient (Wildman–Crippen LogP) is 2.15. The summed E-state index contributed by atoms with van der Waals surface area (Å²) in [6, 6.07) is 6.73. The predicted molar refractivity (Wildman–Crippen MR) is 59.8 cm³/mol. The third kappa shape index (κ3) is 3.25. The van der Waals surface area contributed by atoms with E-state index < -0.39 is 0 Å². The highest BCUT2D eigenvalue weighted by molar-refractivity contribution is 6.36. The molecule has 0 bridgehead atoms. The summed E-state index contributed by atoms with van der Waals surface area (Å²) in [4.78, 5) is 21.8. The first-order valence-corrected chi connectivity index (χ1v) is 4.68. The normalized spacial score (nSPS) is 9.53. The molecule has 0 spiro atoms. The highest BCUT2D eigenvalue weighted by Gasteiger charge is 2.08. The Kier molecular flexibility index (Phi) is 3.68. The molecule has 1 aromatic carbocycles. The van der Waals surface area contributed by atoms with E-state index in [-0.39, 0.29) is 11.8 Å². The summed E-state index contributed by atoms with van der Waals surface area (Å²) < 4.78 is 0.991. The molecule has 1 aromatic rings. The van der Waals surface area contributed by atoms with E-state index in [1.54, 1.807) is 24.3 Å². The molecule has 0 aliphatic heterocycles. The number of carbonyl (C=O) groups is 2. The van der Waals surface area contributed by atoms with Crippen molar-refractivity contribution in [2.45, 2.75) is 13.8 Å². The lowest BCUT2D eigenvalue weighted by molar-refractivity contribution is -0.115. The van der Waals surface area contributed by atoms with Crippen molar-refractivity contribution in [2.75, 3.05) is 9.74 Å². The van der Waals surface area contributed by atoms with Crippen molar-refractivity contribution >= 4 is 35.0 Å².